The van der Waals surface area contributed by atoms with E-state index in [2.05, 4.69) is 37.7 Å². The van der Waals surface area contributed by atoms with Crippen LogP contribution < -0.4 is 10.5 Å². The zero-order valence-electron chi connectivity index (χ0n) is 12.8. The molecule has 0 aliphatic rings. The lowest BCUT2D eigenvalue weighted by Gasteiger charge is -2.30. The molecule has 19 heavy (non-hydrogen) atoms. The second-order valence-corrected chi connectivity index (χ2v) is 5.24. The fourth-order valence-electron chi connectivity index (χ4n) is 2.29. The molecule has 4 nitrogen and oxygen atoms in total. The fourth-order valence-corrected chi connectivity index (χ4v) is 2.29. The fraction of sp³-hybridized carbons (Fsp3) is 0.600. The first-order valence-electron chi connectivity index (χ1n) is 6.79. The smallest absolute Gasteiger partial charge is 0.119 e. The summed E-state index contributed by atoms with van der Waals surface area (Å²) >= 11 is 0. The van der Waals surface area contributed by atoms with Crippen LogP contribution in [0, 0.1) is 0 Å². The third kappa shape index (κ3) is 4.73. The van der Waals surface area contributed by atoms with Crippen molar-refractivity contribution >= 4 is 5.69 Å². The van der Waals surface area contributed by atoms with Crippen molar-refractivity contribution in [3.8, 4) is 5.75 Å². The largest absolute Gasteiger partial charge is 0.497 e. The van der Waals surface area contributed by atoms with Crippen LogP contribution in [0.2, 0.25) is 0 Å². The summed E-state index contributed by atoms with van der Waals surface area (Å²) < 4.78 is 5.27. The van der Waals surface area contributed by atoms with Gasteiger partial charge in [-0.1, -0.05) is 6.92 Å². The maximum Gasteiger partial charge on any atom is 0.119 e. The predicted molar refractivity (Wildman–Crippen MR) is 81.5 cm³/mol. The van der Waals surface area contributed by atoms with Gasteiger partial charge in [-0.05, 0) is 51.3 Å². The molecule has 1 rings (SSSR count). The standard InChI is InChI=1S/C15H27N3O/c1-6-18(12(2)10-17(3)4)11-13-9-14(19-5)7-8-15(13)16/h7-9,12H,6,10-11,16H2,1-5H3. The van der Waals surface area contributed by atoms with Gasteiger partial charge in [-0.3, -0.25) is 4.90 Å². The van der Waals surface area contributed by atoms with E-state index in [1.54, 1.807) is 7.11 Å². The lowest BCUT2D eigenvalue weighted by Crippen LogP contribution is -2.39. The minimum absolute atomic E-state index is 0.491. The number of anilines is 1. The van der Waals surface area contributed by atoms with E-state index in [0.29, 0.717) is 6.04 Å². The molecule has 108 valence electrons. The molecule has 1 unspecified atom stereocenters. The third-order valence-electron chi connectivity index (χ3n) is 3.38. The number of methoxy groups -OCH3 is 1. The normalized spacial score (nSPS) is 13.0. The summed E-state index contributed by atoms with van der Waals surface area (Å²) in [5.74, 6) is 0.862. The Bertz CT molecular complexity index is 393. The summed E-state index contributed by atoms with van der Waals surface area (Å²) in [5.41, 5.74) is 8.02. The minimum Gasteiger partial charge on any atom is -0.497 e. The van der Waals surface area contributed by atoms with E-state index >= 15 is 0 Å². The molecule has 0 amide bonds. The molecule has 1 atom stereocenters. The Kier molecular flexibility index (Phi) is 6.12. The van der Waals surface area contributed by atoms with Gasteiger partial charge >= 0.3 is 0 Å². The quantitative estimate of drug-likeness (QED) is 0.766. The molecule has 0 saturated heterocycles. The number of nitrogen functional groups attached to an aromatic ring is 1. The lowest BCUT2D eigenvalue weighted by molar-refractivity contribution is 0.174. The van der Waals surface area contributed by atoms with E-state index < -0.39 is 0 Å². The third-order valence-corrected chi connectivity index (χ3v) is 3.38. The van der Waals surface area contributed by atoms with Crippen LogP contribution >= 0.6 is 0 Å². The van der Waals surface area contributed by atoms with Gasteiger partial charge in [0.25, 0.3) is 0 Å². The summed E-state index contributed by atoms with van der Waals surface area (Å²) in [6, 6.07) is 6.34. The summed E-state index contributed by atoms with van der Waals surface area (Å²) in [5, 5.41) is 0. The first kappa shape index (κ1) is 15.8. The summed E-state index contributed by atoms with van der Waals surface area (Å²) in [4.78, 5) is 4.63. The number of likely N-dealkylation sites (N-methyl/N-ethyl adjacent to an activating group) is 2. The van der Waals surface area contributed by atoms with Crippen LogP contribution in [0.15, 0.2) is 18.2 Å². The van der Waals surface area contributed by atoms with Gasteiger partial charge in [0.2, 0.25) is 0 Å². The zero-order valence-corrected chi connectivity index (χ0v) is 12.8. The Morgan fingerprint density at radius 1 is 1.32 bits per heavy atom. The number of ether oxygens (including phenoxy) is 1. The van der Waals surface area contributed by atoms with Crippen LogP contribution in [0.25, 0.3) is 0 Å². The van der Waals surface area contributed by atoms with Crippen LogP contribution in [-0.2, 0) is 6.54 Å². The van der Waals surface area contributed by atoms with Gasteiger partial charge in [0.15, 0.2) is 0 Å². The van der Waals surface area contributed by atoms with Gasteiger partial charge in [-0.15, -0.1) is 0 Å². The van der Waals surface area contributed by atoms with Gasteiger partial charge in [0.1, 0.15) is 5.75 Å². The van der Waals surface area contributed by atoms with Crippen molar-refractivity contribution in [2.45, 2.75) is 26.4 Å². The Morgan fingerprint density at radius 3 is 2.53 bits per heavy atom. The minimum atomic E-state index is 0.491. The second-order valence-electron chi connectivity index (χ2n) is 5.24. The van der Waals surface area contributed by atoms with E-state index in [4.69, 9.17) is 10.5 Å². The van der Waals surface area contributed by atoms with Crippen molar-refractivity contribution in [2.75, 3.05) is 40.0 Å². The molecule has 2 N–H and O–H groups in total. The Labute approximate surface area is 117 Å². The van der Waals surface area contributed by atoms with E-state index in [0.717, 1.165) is 36.6 Å². The van der Waals surface area contributed by atoms with Crippen LogP contribution in [0.5, 0.6) is 5.75 Å². The van der Waals surface area contributed by atoms with Gasteiger partial charge in [-0.2, -0.15) is 0 Å². The maximum absolute atomic E-state index is 6.06. The van der Waals surface area contributed by atoms with Crippen LogP contribution in [0.4, 0.5) is 5.69 Å². The predicted octanol–water partition coefficient (Wildman–Crippen LogP) is 2.05. The van der Waals surface area contributed by atoms with E-state index in [1.165, 1.54) is 0 Å². The van der Waals surface area contributed by atoms with E-state index in [9.17, 15) is 0 Å². The van der Waals surface area contributed by atoms with Gasteiger partial charge in [0, 0.05) is 24.8 Å². The van der Waals surface area contributed by atoms with Crippen molar-refractivity contribution in [3.63, 3.8) is 0 Å². The molecule has 4 heteroatoms. The highest BCUT2D eigenvalue weighted by Crippen LogP contribution is 2.21. The van der Waals surface area contributed by atoms with E-state index in [1.807, 2.05) is 18.2 Å². The van der Waals surface area contributed by atoms with Crippen molar-refractivity contribution < 1.29 is 4.74 Å². The Hall–Kier alpha value is -1.26. The van der Waals surface area contributed by atoms with Gasteiger partial charge in [-0.25, -0.2) is 0 Å². The van der Waals surface area contributed by atoms with Crippen LogP contribution in [-0.4, -0.2) is 50.1 Å². The number of rotatable bonds is 7. The molecule has 0 bridgehead atoms. The van der Waals surface area contributed by atoms with Crippen LogP contribution in [0.3, 0.4) is 0 Å². The Balaban J connectivity index is 2.80. The molecule has 0 radical (unpaired) electrons. The highest BCUT2D eigenvalue weighted by molar-refractivity contribution is 5.50. The first-order chi connectivity index (χ1) is 8.97. The summed E-state index contributed by atoms with van der Waals surface area (Å²) in [6.45, 7) is 7.33. The molecule has 1 aromatic rings. The van der Waals surface area contributed by atoms with Crippen molar-refractivity contribution in [1.82, 2.24) is 9.80 Å². The molecule has 1 aromatic carbocycles. The monoisotopic (exact) mass is 265 g/mol. The second kappa shape index (κ2) is 7.36. The number of nitrogens with zero attached hydrogens (tertiary/aromatic N) is 2. The van der Waals surface area contributed by atoms with Gasteiger partial charge < -0.3 is 15.4 Å². The number of nitrogens with two attached hydrogens (primary N) is 1. The van der Waals surface area contributed by atoms with Crippen molar-refractivity contribution in [2.24, 2.45) is 0 Å². The lowest BCUT2D eigenvalue weighted by atomic mass is 10.1. The highest BCUT2D eigenvalue weighted by Gasteiger charge is 2.14. The van der Waals surface area contributed by atoms with Gasteiger partial charge in [0.05, 0.1) is 7.11 Å². The van der Waals surface area contributed by atoms with Crippen LogP contribution in [0.1, 0.15) is 19.4 Å². The molecule has 0 heterocycles. The number of benzene rings is 1. The highest BCUT2D eigenvalue weighted by atomic mass is 16.5. The molecular formula is C15H27N3O. The average Bonchev–Trinajstić information content (AvgIpc) is 2.36. The first-order valence-corrected chi connectivity index (χ1v) is 6.79. The number of hydrogen-bond acceptors (Lipinski definition) is 4. The number of hydrogen-bond donors (Lipinski definition) is 1. The molecule has 0 aromatic heterocycles. The molecule has 0 fully saturated rings. The Morgan fingerprint density at radius 2 is 2.00 bits per heavy atom. The summed E-state index contributed by atoms with van der Waals surface area (Å²) in [6.07, 6.45) is 0. The molecule has 0 aliphatic carbocycles. The zero-order chi connectivity index (χ0) is 14.4. The van der Waals surface area contributed by atoms with Crippen molar-refractivity contribution in [3.05, 3.63) is 23.8 Å². The molecular weight excluding hydrogens is 238 g/mol. The molecule has 0 saturated carbocycles. The maximum atomic E-state index is 6.06. The molecule has 0 aliphatic heterocycles. The SMILES string of the molecule is CCN(Cc1cc(OC)ccc1N)C(C)CN(C)C. The molecule has 0 spiro atoms. The average molecular weight is 265 g/mol. The summed E-state index contributed by atoms with van der Waals surface area (Å²) in [7, 11) is 5.88. The van der Waals surface area contributed by atoms with Crippen molar-refractivity contribution in [1.29, 1.82) is 0 Å². The topological polar surface area (TPSA) is 41.7 Å². The van der Waals surface area contributed by atoms with E-state index in [-0.39, 0.29) is 0 Å².